The molecular weight excluding hydrogens is 250 g/mol. The van der Waals surface area contributed by atoms with Gasteiger partial charge in [0.15, 0.2) is 0 Å². The quantitative estimate of drug-likeness (QED) is 0.835. The smallest absolute Gasteiger partial charge is 0.247 e. The van der Waals surface area contributed by atoms with Crippen LogP contribution >= 0.6 is 11.8 Å². The number of hydrogen-bond donors (Lipinski definition) is 2. The van der Waals surface area contributed by atoms with Crippen LogP contribution in [-0.4, -0.2) is 30.7 Å². The van der Waals surface area contributed by atoms with E-state index in [1.54, 1.807) is 20.0 Å². The number of nitrogens with zero attached hydrogens (tertiary/aromatic N) is 1. The van der Waals surface area contributed by atoms with Gasteiger partial charge < -0.3 is 11.1 Å². The van der Waals surface area contributed by atoms with Crippen molar-refractivity contribution < 1.29 is 9.59 Å². The molecule has 96 valence electrons. The van der Waals surface area contributed by atoms with Gasteiger partial charge in [0, 0.05) is 17.6 Å². The number of imide groups is 1. The molecule has 1 aliphatic rings. The Morgan fingerprint density at radius 1 is 1.56 bits per heavy atom. The molecule has 1 aliphatic heterocycles. The van der Waals surface area contributed by atoms with Gasteiger partial charge in [-0.15, -0.1) is 11.8 Å². The van der Waals surface area contributed by atoms with Gasteiger partial charge in [0.05, 0.1) is 17.5 Å². The van der Waals surface area contributed by atoms with Crippen LogP contribution in [0.25, 0.3) is 0 Å². The van der Waals surface area contributed by atoms with E-state index < -0.39 is 0 Å². The van der Waals surface area contributed by atoms with Crippen molar-refractivity contribution in [2.45, 2.75) is 17.1 Å². The third-order valence-electron chi connectivity index (χ3n) is 2.78. The molecular formula is C12H15N3O2S. The topological polar surface area (TPSA) is 75.4 Å². The van der Waals surface area contributed by atoms with Gasteiger partial charge in [-0.05, 0) is 25.1 Å². The summed E-state index contributed by atoms with van der Waals surface area (Å²) in [5.74, 6) is -0.585. The predicted molar refractivity (Wildman–Crippen MR) is 72.9 cm³/mol. The van der Waals surface area contributed by atoms with Crippen LogP contribution < -0.4 is 16.0 Å². The molecule has 1 aromatic rings. The van der Waals surface area contributed by atoms with Crippen LogP contribution in [0, 0.1) is 0 Å². The number of benzene rings is 1. The number of nitrogens with one attached hydrogen (secondary N) is 1. The lowest BCUT2D eigenvalue weighted by atomic mass is 10.2. The molecule has 0 bridgehead atoms. The fourth-order valence-corrected chi connectivity index (χ4v) is 2.84. The molecule has 3 N–H and O–H groups in total. The maximum atomic E-state index is 12.1. The maximum absolute atomic E-state index is 12.1. The summed E-state index contributed by atoms with van der Waals surface area (Å²) in [6, 6.07) is 5.62. The fourth-order valence-electron chi connectivity index (χ4n) is 1.84. The molecule has 2 rings (SSSR count). The fraction of sp³-hybridized carbons (Fsp3) is 0.333. The van der Waals surface area contributed by atoms with Gasteiger partial charge in [-0.1, -0.05) is 0 Å². The lowest BCUT2D eigenvalue weighted by Gasteiger charge is -2.30. The van der Waals surface area contributed by atoms with Crippen molar-refractivity contribution in [3.05, 3.63) is 18.2 Å². The van der Waals surface area contributed by atoms with Gasteiger partial charge in [-0.3, -0.25) is 9.59 Å². The van der Waals surface area contributed by atoms with Crippen molar-refractivity contribution in [2.75, 3.05) is 23.8 Å². The summed E-state index contributed by atoms with van der Waals surface area (Å²) in [4.78, 5) is 26.0. The van der Waals surface area contributed by atoms with E-state index in [0.29, 0.717) is 5.69 Å². The van der Waals surface area contributed by atoms with E-state index in [2.05, 4.69) is 5.32 Å². The third kappa shape index (κ3) is 2.09. The minimum Gasteiger partial charge on any atom is -0.388 e. The Morgan fingerprint density at radius 2 is 2.28 bits per heavy atom. The summed E-state index contributed by atoms with van der Waals surface area (Å²) in [5.41, 5.74) is 6.84. The Bertz CT molecular complexity index is 504. The van der Waals surface area contributed by atoms with Crippen LogP contribution in [0.5, 0.6) is 0 Å². The second-order valence-corrected chi connectivity index (χ2v) is 5.35. The molecule has 1 heterocycles. The Morgan fingerprint density at radius 3 is 2.89 bits per heavy atom. The number of hydrogen-bond acceptors (Lipinski definition) is 5. The minimum absolute atomic E-state index is 0.174. The SMILES string of the molecule is CNc1ccc2c(c1)N(C(=O)CN)C(=O)C(C)S2. The average molecular weight is 265 g/mol. The second-order valence-electron chi connectivity index (χ2n) is 3.96. The molecule has 0 aliphatic carbocycles. The van der Waals surface area contributed by atoms with E-state index in [1.165, 1.54) is 16.7 Å². The largest absolute Gasteiger partial charge is 0.388 e. The summed E-state index contributed by atoms with van der Waals surface area (Å²) < 4.78 is 0. The van der Waals surface area contributed by atoms with Gasteiger partial charge in [0.25, 0.3) is 0 Å². The number of nitrogens with two attached hydrogens (primary N) is 1. The standard InChI is InChI=1S/C12H15N3O2S/c1-7-12(17)15(11(16)6-13)9-5-8(14-2)3-4-10(9)18-7/h3-5,7,14H,6,13H2,1-2H3. The molecule has 18 heavy (non-hydrogen) atoms. The maximum Gasteiger partial charge on any atom is 0.247 e. The second kappa shape index (κ2) is 4.99. The average Bonchev–Trinajstić information content (AvgIpc) is 2.39. The van der Waals surface area contributed by atoms with Crippen LogP contribution in [0.1, 0.15) is 6.92 Å². The van der Waals surface area contributed by atoms with E-state index in [0.717, 1.165) is 10.6 Å². The predicted octanol–water partition coefficient (Wildman–Crippen LogP) is 1.04. The van der Waals surface area contributed by atoms with E-state index >= 15 is 0 Å². The monoisotopic (exact) mass is 265 g/mol. The van der Waals surface area contributed by atoms with E-state index in [9.17, 15) is 9.59 Å². The first-order valence-corrected chi connectivity index (χ1v) is 6.51. The van der Waals surface area contributed by atoms with E-state index in [4.69, 9.17) is 5.73 Å². The van der Waals surface area contributed by atoms with E-state index in [1.807, 2.05) is 12.1 Å². The normalized spacial score (nSPS) is 18.5. The number of carbonyl (C=O) groups is 2. The molecule has 6 heteroatoms. The van der Waals surface area contributed by atoms with Gasteiger partial charge in [0.2, 0.25) is 11.8 Å². The molecule has 0 fully saturated rings. The van der Waals surface area contributed by atoms with Crippen molar-refractivity contribution in [3.8, 4) is 0 Å². The number of rotatable bonds is 2. The summed E-state index contributed by atoms with van der Waals surface area (Å²) in [7, 11) is 1.79. The third-order valence-corrected chi connectivity index (χ3v) is 3.94. The highest BCUT2D eigenvalue weighted by atomic mass is 32.2. The van der Waals surface area contributed by atoms with Gasteiger partial charge in [-0.25, -0.2) is 4.90 Å². The van der Waals surface area contributed by atoms with Crippen molar-refractivity contribution >= 4 is 35.0 Å². The highest BCUT2D eigenvalue weighted by Crippen LogP contribution is 2.40. The molecule has 0 spiro atoms. The van der Waals surface area contributed by atoms with E-state index in [-0.39, 0.29) is 23.6 Å². The van der Waals surface area contributed by atoms with Crippen LogP contribution in [-0.2, 0) is 9.59 Å². The number of anilines is 2. The van der Waals surface area contributed by atoms with Crippen LogP contribution in [0.3, 0.4) is 0 Å². The lowest BCUT2D eigenvalue weighted by molar-refractivity contribution is -0.125. The van der Waals surface area contributed by atoms with Crippen molar-refractivity contribution in [1.82, 2.24) is 0 Å². The number of carbonyl (C=O) groups excluding carboxylic acids is 2. The minimum atomic E-state index is -0.373. The van der Waals surface area contributed by atoms with Crippen LogP contribution in [0.2, 0.25) is 0 Å². The highest BCUT2D eigenvalue weighted by Gasteiger charge is 2.34. The molecule has 1 unspecified atom stereocenters. The summed E-state index contributed by atoms with van der Waals surface area (Å²) in [5, 5.41) is 2.72. The van der Waals surface area contributed by atoms with Crippen molar-refractivity contribution in [2.24, 2.45) is 5.73 Å². The van der Waals surface area contributed by atoms with Crippen LogP contribution in [0.15, 0.2) is 23.1 Å². The molecule has 0 radical (unpaired) electrons. The highest BCUT2D eigenvalue weighted by molar-refractivity contribution is 8.01. The van der Waals surface area contributed by atoms with Crippen LogP contribution in [0.4, 0.5) is 11.4 Å². The Balaban J connectivity index is 2.53. The lowest BCUT2D eigenvalue weighted by Crippen LogP contribution is -2.46. The number of thioether (sulfide) groups is 1. The summed E-state index contributed by atoms with van der Waals surface area (Å²) >= 11 is 1.46. The van der Waals surface area contributed by atoms with Gasteiger partial charge in [0.1, 0.15) is 0 Å². The number of fused-ring (bicyclic) bond motifs is 1. The van der Waals surface area contributed by atoms with Gasteiger partial charge in [-0.2, -0.15) is 0 Å². The zero-order valence-corrected chi connectivity index (χ0v) is 11.1. The molecule has 1 atom stereocenters. The molecule has 1 aromatic carbocycles. The Hall–Kier alpha value is -1.53. The zero-order chi connectivity index (χ0) is 13.3. The Labute approximate surface area is 110 Å². The molecule has 2 amide bonds. The van der Waals surface area contributed by atoms with Crippen molar-refractivity contribution in [3.63, 3.8) is 0 Å². The first-order valence-electron chi connectivity index (χ1n) is 5.63. The Kier molecular flexibility index (Phi) is 3.58. The first-order chi connectivity index (χ1) is 8.58. The molecule has 0 aromatic heterocycles. The summed E-state index contributed by atoms with van der Waals surface area (Å²) in [6.45, 7) is 1.62. The van der Waals surface area contributed by atoms with Crippen molar-refractivity contribution in [1.29, 1.82) is 0 Å². The summed E-state index contributed by atoms with van der Waals surface area (Å²) in [6.07, 6.45) is 0. The van der Waals surface area contributed by atoms with Gasteiger partial charge >= 0.3 is 0 Å². The zero-order valence-electron chi connectivity index (χ0n) is 10.3. The first kappa shape index (κ1) is 12.9. The molecule has 5 nitrogen and oxygen atoms in total. The molecule has 0 saturated carbocycles. The molecule has 0 saturated heterocycles. The number of amides is 2.